The molecule has 9 rings (SSSR count). The largest absolute Gasteiger partial charge is 0.504 e. The summed E-state index contributed by atoms with van der Waals surface area (Å²) in [6, 6.07) is 3.43. The molecule has 1 spiro atoms. The number of nitrogens with zero attached hydrogens (tertiary/aromatic N) is 8. The Balaban J connectivity index is 1.09. The number of likely N-dealkylation sites (tertiary alicyclic amines) is 1. The Labute approximate surface area is 275 Å². The summed E-state index contributed by atoms with van der Waals surface area (Å²) < 4.78 is 7.23. The lowest BCUT2D eigenvalue weighted by atomic mass is 9.73. The number of ether oxygens (including phenoxy) is 1. The molecule has 1 aliphatic heterocycles. The Hall–Kier alpha value is -4.88. The zero-order valence-electron chi connectivity index (χ0n) is 27.2. The number of piperidine rings is 1. The molecular formula is C34H37N9O5. The molecule has 14 heteroatoms. The number of aromatic hydroxyl groups is 1. The smallest absolute Gasteiger partial charge is 0.276 e. The molecule has 4 aromatic heterocycles. The van der Waals surface area contributed by atoms with Gasteiger partial charge in [-0.05, 0) is 69.8 Å². The van der Waals surface area contributed by atoms with Gasteiger partial charge in [-0.2, -0.15) is 0 Å². The van der Waals surface area contributed by atoms with Crippen LogP contribution in [0.25, 0.3) is 16.9 Å². The van der Waals surface area contributed by atoms with E-state index in [0.29, 0.717) is 66.2 Å². The fourth-order valence-corrected chi connectivity index (χ4v) is 9.11. The van der Waals surface area contributed by atoms with E-state index in [4.69, 9.17) is 14.9 Å². The molecule has 0 aromatic carbocycles. The van der Waals surface area contributed by atoms with Gasteiger partial charge in [-0.15, -0.1) is 15.0 Å². The quantitative estimate of drug-likeness (QED) is 0.303. The monoisotopic (exact) mass is 651 g/mol. The van der Waals surface area contributed by atoms with Gasteiger partial charge in [-0.3, -0.25) is 14.4 Å². The summed E-state index contributed by atoms with van der Waals surface area (Å²) in [5, 5.41) is 23.3. The molecule has 2 N–H and O–H groups in total. The summed E-state index contributed by atoms with van der Waals surface area (Å²) in [6.07, 6.45) is 9.33. The third-order valence-electron chi connectivity index (χ3n) is 11.9. The Kier molecular flexibility index (Phi) is 5.99. The number of nitrogens with one attached hydrogen (secondary N) is 1. The molecular weight excluding hydrogens is 614 g/mol. The van der Waals surface area contributed by atoms with Gasteiger partial charge in [0.25, 0.3) is 5.91 Å². The molecule has 1 atom stereocenters. The first-order valence-corrected chi connectivity index (χ1v) is 16.7. The number of amides is 2. The molecule has 248 valence electrons. The number of aryl methyl sites for hydroxylation is 1. The minimum Gasteiger partial charge on any atom is -0.504 e. The van der Waals surface area contributed by atoms with Crippen molar-refractivity contribution in [3.05, 3.63) is 57.5 Å². The van der Waals surface area contributed by atoms with Crippen molar-refractivity contribution >= 4 is 23.0 Å². The second kappa shape index (κ2) is 9.83. The van der Waals surface area contributed by atoms with Gasteiger partial charge in [0.05, 0.1) is 18.5 Å². The van der Waals surface area contributed by atoms with Crippen LogP contribution >= 0.6 is 0 Å². The lowest BCUT2D eigenvalue weighted by Gasteiger charge is -2.39. The molecule has 3 saturated carbocycles. The van der Waals surface area contributed by atoms with E-state index in [9.17, 15) is 19.5 Å². The number of pyridine rings is 2. The fraction of sp³-hybridized carbons (Fsp3) is 0.529. The normalized spacial score (nSPS) is 26.3. The van der Waals surface area contributed by atoms with Crippen LogP contribution < -0.4 is 15.5 Å². The highest BCUT2D eigenvalue weighted by atomic mass is 16.5. The average molecular weight is 652 g/mol. The Morgan fingerprint density at radius 3 is 2.62 bits per heavy atom. The van der Waals surface area contributed by atoms with Gasteiger partial charge in [-0.1, -0.05) is 6.92 Å². The van der Waals surface area contributed by atoms with Gasteiger partial charge >= 0.3 is 0 Å². The summed E-state index contributed by atoms with van der Waals surface area (Å²) in [7, 11) is 1.53. The lowest BCUT2D eigenvalue weighted by Crippen LogP contribution is -2.46. The van der Waals surface area contributed by atoms with Crippen LogP contribution in [0.4, 0.5) is 0 Å². The number of aromatic nitrogens is 7. The fourth-order valence-electron chi connectivity index (χ4n) is 9.11. The van der Waals surface area contributed by atoms with Crippen LogP contribution in [-0.2, 0) is 16.8 Å². The maximum absolute atomic E-state index is 14.5. The van der Waals surface area contributed by atoms with E-state index in [-0.39, 0.29) is 52.2 Å². The standard InChI is InChI=1S/C34H37N9O5/c1-18-13-32(7-10-41(11-8-32)31(47)26-28(45)19(2)36-17-37-26)24-27(18)42(14-22(44)38-34-15-33(34,16-34)20-4-5-20)30-25(29(24)46)39-43(40-30)21-6-9-35-23(12-21)48-3/h6,9,12,17-18,20,45H,4-5,7-8,10-11,13-16H2,1-3H3,(H,38,44). The molecule has 48 heavy (non-hydrogen) atoms. The van der Waals surface area contributed by atoms with Crippen molar-refractivity contribution in [1.29, 1.82) is 0 Å². The summed E-state index contributed by atoms with van der Waals surface area (Å²) in [5.74, 6) is 0.456. The first kappa shape index (κ1) is 29.3. The van der Waals surface area contributed by atoms with E-state index >= 15 is 0 Å². The molecule has 0 radical (unpaired) electrons. The van der Waals surface area contributed by atoms with Crippen molar-refractivity contribution in [2.45, 2.75) is 82.2 Å². The second-order valence-electron chi connectivity index (χ2n) is 14.6. The summed E-state index contributed by atoms with van der Waals surface area (Å²) in [4.78, 5) is 57.0. The zero-order chi connectivity index (χ0) is 33.2. The first-order valence-electron chi connectivity index (χ1n) is 16.7. The van der Waals surface area contributed by atoms with Crippen molar-refractivity contribution in [3.63, 3.8) is 0 Å². The minimum absolute atomic E-state index is 0.0189. The van der Waals surface area contributed by atoms with Crippen molar-refractivity contribution in [3.8, 4) is 17.3 Å². The Bertz CT molecular complexity index is 2100. The first-order chi connectivity index (χ1) is 23.1. The van der Waals surface area contributed by atoms with Crippen LogP contribution in [0.3, 0.4) is 0 Å². The summed E-state index contributed by atoms with van der Waals surface area (Å²) in [5.41, 5.74) is 2.54. The zero-order valence-corrected chi connectivity index (χ0v) is 27.2. The number of hydrogen-bond acceptors (Lipinski definition) is 10. The van der Waals surface area contributed by atoms with E-state index in [0.717, 1.165) is 24.5 Å². The highest BCUT2D eigenvalue weighted by Gasteiger charge is 2.87. The number of hydrogen-bond donors (Lipinski definition) is 2. The van der Waals surface area contributed by atoms with Crippen LogP contribution in [-0.4, -0.2) is 82.1 Å². The average Bonchev–Trinajstić information content (AvgIpc) is 4.01. The molecule has 5 aliphatic rings. The predicted molar refractivity (Wildman–Crippen MR) is 171 cm³/mol. The van der Waals surface area contributed by atoms with Crippen LogP contribution in [0.15, 0.2) is 29.5 Å². The third-order valence-corrected chi connectivity index (χ3v) is 11.9. The lowest BCUT2D eigenvalue weighted by molar-refractivity contribution is -0.122. The number of rotatable bonds is 7. The van der Waals surface area contributed by atoms with Gasteiger partial charge in [0.1, 0.15) is 12.9 Å². The van der Waals surface area contributed by atoms with E-state index in [2.05, 4.69) is 27.2 Å². The van der Waals surface area contributed by atoms with Gasteiger partial charge in [0.15, 0.2) is 22.6 Å². The van der Waals surface area contributed by atoms with E-state index in [1.54, 1.807) is 30.2 Å². The Morgan fingerprint density at radius 1 is 1.12 bits per heavy atom. The number of carbonyl (C=O) groups is 2. The molecule has 0 bridgehead atoms. The highest BCUT2D eigenvalue weighted by Crippen LogP contribution is 2.85. The van der Waals surface area contributed by atoms with Crippen molar-refractivity contribution in [2.24, 2.45) is 11.3 Å². The molecule has 1 unspecified atom stereocenters. The van der Waals surface area contributed by atoms with Crippen LogP contribution in [0.5, 0.6) is 11.6 Å². The number of methoxy groups -OCH3 is 1. The minimum atomic E-state index is -0.505. The molecule has 4 aromatic rings. The number of fused-ring (bicyclic) bond motifs is 4. The van der Waals surface area contributed by atoms with E-state index in [1.165, 1.54) is 31.1 Å². The maximum Gasteiger partial charge on any atom is 0.276 e. The SMILES string of the molecule is COc1cc(-n2nc3c(=O)c4c(n(CC(=O)NC56CC5(C5CC5)C6)c3n2)C(C)CC42CCN(C(=O)c3ncnc(C)c3O)CC2)ccn1. The second-order valence-corrected chi connectivity index (χ2v) is 14.6. The van der Waals surface area contributed by atoms with Crippen LogP contribution in [0, 0.1) is 18.3 Å². The molecule has 4 fully saturated rings. The van der Waals surface area contributed by atoms with Gasteiger partial charge in [-0.25, -0.2) is 15.0 Å². The van der Waals surface area contributed by atoms with E-state index < -0.39 is 5.41 Å². The molecule has 5 heterocycles. The predicted octanol–water partition coefficient (Wildman–Crippen LogP) is 2.53. The van der Waals surface area contributed by atoms with E-state index in [1.807, 2.05) is 4.57 Å². The van der Waals surface area contributed by atoms with Crippen LogP contribution in [0.2, 0.25) is 0 Å². The highest BCUT2D eigenvalue weighted by molar-refractivity contribution is 5.95. The summed E-state index contributed by atoms with van der Waals surface area (Å²) in [6.45, 7) is 4.55. The maximum atomic E-state index is 14.5. The molecule has 2 amide bonds. The molecule has 1 saturated heterocycles. The van der Waals surface area contributed by atoms with Gasteiger partial charge in [0, 0.05) is 53.0 Å². The van der Waals surface area contributed by atoms with Gasteiger partial charge < -0.3 is 24.6 Å². The summed E-state index contributed by atoms with van der Waals surface area (Å²) >= 11 is 0. The third kappa shape index (κ3) is 4.10. The molecule has 4 aliphatic carbocycles. The van der Waals surface area contributed by atoms with Crippen molar-refractivity contribution in [2.75, 3.05) is 20.2 Å². The Morgan fingerprint density at radius 2 is 1.90 bits per heavy atom. The van der Waals surface area contributed by atoms with Gasteiger partial charge in [0.2, 0.25) is 17.2 Å². The van der Waals surface area contributed by atoms with Crippen molar-refractivity contribution in [1.82, 2.24) is 44.7 Å². The van der Waals surface area contributed by atoms with Crippen molar-refractivity contribution < 1.29 is 19.4 Å². The van der Waals surface area contributed by atoms with Crippen LogP contribution in [0.1, 0.15) is 85.2 Å². The topological polar surface area (TPSA) is 170 Å². The molecule has 14 nitrogen and oxygen atoms in total. The number of carbonyl (C=O) groups excluding carboxylic acids is 2.